The highest BCUT2D eigenvalue weighted by Gasteiger charge is 2.30. The molecule has 1 aromatic heterocycles. The second kappa shape index (κ2) is 16.3. The fourth-order valence-corrected chi connectivity index (χ4v) is 6.96. The third-order valence-corrected chi connectivity index (χ3v) is 9.57. The summed E-state index contributed by atoms with van der Waals surface area (Å²) < 4.78 is 43.6. The quantitative estimate of drug-likeness (QED) is 0.183. The van der Waals surface area contributed by atoms with Gasteiger partial charge in [-0.05, 0) is 98.4 Å². The Morgan fingerprint density at radius 2 is 1.20 bits per heavy atom. The molecular formula is C35H44F3N9O3. The largest absolute Gasteiger partial charge is 0.454 e. The van der Waals surface area contributed by atoms with Gasteiger partial charge in [0, 0.05) is 37.4 Å². The highest BCUT2D eigenvalue weighted by molar-refractivity contribution is 5.74. The molecule has 6 N–H and O–H groups in total. The minimum atomic E-state index is -4.58. The van der Waals surface area contributed by atoms with Gasteiger partial charge >= 0.3 is 24.2 Å². The number of aromatic nitrogens is 3. The second-order valence-corrected chi connectivity index (χ2v) is 13.5. The van der Waals surface area contributed by atoms with Gasteiger partial charge in [-0.1, -0.05) is 36.4 Å². The molecule has 2 saturated carbocycles. The van der Waals surface area contributed by atoms with Gasteiger partial charge in [0.1, 0.15) is 0 Å². The van der Waals surface area contributed by atoms with Gasteiger partial charge in [-0.25, -0.2) is 9.59 Å². The number of alkyl halides is 3. The normalized spacial score (nSPS) is 23.7. The molecule has 2 fully saturated rings. The van der Waals surface area contributed by atoms with Crippen LogP contribution in [0.1, 0.15) is 74.5 Å². The lowest BCUT2D eigenvalue weighted by Gasteiger charge is -2.34. The molecule has 0 spiro atoms. The van der Waals surface area contributed by atoms with Crippen molar-refractivity contribution in [2.75, 3.05) is 17.2 Å². The van der Waals surface area contributed by atoms with E-state index < -0.39 is 18.8 Å². The Morgan fingerprint density at radius 1 is 0.660 bits per heavy atom. The Morgan fingerprint density at radius 3 is 1.78 bits per heavy atom. The van der Waals surface area contributed by atoms with Gasteiger partial charge in [-0.15, -0.1) is 0 Å². The number of hydrogen-bond acceptors (Lipinski definition) is 8. The molecule has 12 nitrogen and oxygen atoms in total. The van der Waals surface area contributed by atoms with E-state index in [-0.39, 0.29) is 42.6 Å². The minimum absolute atomic E-state index is 0.0114. The SMILES string of the molecule is O=C1NCc2ccc(cc2)Nc2nc(nc(OCC(F)(F)F)n2)NCc2cccc(c2)CNC(=O)NC2CCC(CC2)CC2CCC(CC2)N1. The minimum Gasteiger partial charge on any atom is -0.454 e. The highest BCUT2D eigenvalue weighted by Crippen LogP contribution is 2.35. The van der Waals surface area contributed by atoms with Gasteiger partial charge in [-0.2, -0.15) is 28.1 Å². The summed E-state index contributed by atoms with van der Waals surface area (Å²) in [5.74, 6) is 1.35. The number of carbonyl (C=O) groups excluding carboxylic acids is 2. The van der Waals surface area contributed by atoms with Crippen LogP contribution in [0.2, 0.25) is 0 Å². The molecule has 15 heteroatoms. The van der Waals surface area contributed by atoms with E-state index in [1.807, 2.05) is 36.4 Å². The number of carbonyl (C=O) groups is 2. The van der Waals surface area contributed by atoms with Gasteiger partial charge in [0.25, 0.3) is 0 Å². The second-order valence-electron chi connectivity index (χ2n) is 13.5. The first-order chi connectivity index (χ1) is 24.1. The Balaban J connectivity index is 1.16. The van der Waals surface area contributed by atoms with Crippen molar-refractivity contribution in [2.24, 2.45) is 11.8 Å². The van der Waals surface area contributed by atoms with Gasteiger partial charge in [0.05, 0.1) is 0 Å². The predicted molar refractivity (Wildman–Crippen MR) is 182 cm³/mol. The van der Waals surface area contributed by atoms with E-state index in [0.29, 0.717) is 30.6 Å². The summed E-state index contributed by atoms with van der Waals surface area (Å²) >= 11 is 0. The summed E-state index contributed by atoms with van der Waals surface area (Å²) in [6, 6.07) is 14.2. The van der Waals surface area contributed by atoms with Gasteiger partial charge < -0.3 is 36.6 Å². The van der Waals surface area contributed by atoms with Crippen molar-refractivity contribution in [2.45, 2.75) is 95.7 Å². The van der Waals surface area contributed by atoms with Crippen LogP contribution in [-0.4, -0.2) is 51.9 Å². The summed E-state index contributed by atoms with van der Waals surface area (Å²) in [5.41, 5.74) is 3.18. The summed E-state index contributed by atoms with van der Waals surface area (Å²) in [7, 11) is 0. The standard InChI is InChI=1S/C35H44F3N9O3/c36-35(37,38)21-50-34-46-30-39-19-25-2-1-3-26(17-25)20-41-33(49)44-29-12-6-23(7-13-29)16-22-4-10-28(11-5-22)43-32(48)40-18-24-8-14-27(15-9-24)42-31(45-30)47-34/h1-3,8-9,14-15,17,22-23,28-29H,4-7,10-13,16,18-21H2,(H2,40,43,48)(H2,41,44,49)(H2,39,42,45,46,47). The molecular weight excluding hydrogens is 651 g/mol. The predicted octanol–water partition coefficient (Wildman–Crippen LogP) is 6.29. The number of benzene rings is 2. The number of nitrogens with one attached hydrogen (secondary N) is 6. The average Bonchev–Trinajstić information content (AvgIpc) is 3.10. The number of nitrogens with zero attached hydrogens (tertiary/aromatic N) is 3. The fourth-order valence-electron chi connectivity index (χ4n) is 6.96. The summed E-state index contributed by atoms with van der Waals surface area (Å²) in [6.45, 7) is -0.641. The van der Waals surface area contributed by atoms with E-state index in [1.54, 1.807) is 12.1 Å². The van der Waals surface area contributed by atoms with Crippen LogP contribution in [0.4, 0.5) is 40.3 Å². The Bertz CT molecular complexity index is 1590. The highest BCUT2D eigenvalue weighted by atomic mass is 19.4. The zero-order chi connectivity index (χ0) is 34.9. The monoisotopic (exact) mass is 695 g/mol. The molecule has 10 rings (SSSR count). The first-order valence-corrected chi connectivity index (χ1v) is 17.3. The van der Waals surface area contributed by atoms with Crippen LogP contribution in [0.15, 0.2) is 48.5 Å². The van der Waals surface area contributed by atoms with Crippen LogP contribution < -0.4 is 36.6 Å². The molecule has 0 unspecified atom stereocenters. The third kappa shape index (κ3) is 10.8. The van der Waals surface area contributed by atoms with Gasteiger partial charge in [0.15, 0.2) is 6.61 Å². The average molecular weight is 696 g/mol. The van der Waals surface area contributed by atoms with Crippen LogP contribution in [0.25, 0.3) is 0 Å². The number of anilines is 3. The van der Waals surface area contributed by atoms with Crippen LogP contribution in [0.3, 0.4) is 0 Å². The molecule has 268 valence electrons. The van der Waals surface area contributed by atoms with Crippen LogP contribution in [-0.2, 0) is 19.6 Å². The van der Waals surface area contributed by atoms with Crippen LogP contribution in [0, 0.1) is 11.8 Å². The summed E-state index contributed by atoms with van der Waals surface area (Å²) in [5, 5.41) is 18.2. The topological polar surface area (TPSA) is 154 Å². The maximum Gasteiger partial charge on any atom is 0.422 e. The lowest BCUT2D eigenvalue weighted by Crippen LogP contribution is -2.44. The first kappa shape index (κ1) is 35.0. The molecule has 3 aromatic rings. The van der Waals surface area contributed by atoms with Crippen molar-refractivity contribution >= 4 is 29.6 Å². The fraction of sp³-hybridized carbons (Fsp3) is 0.514. The van der Waals surface area contributed by atoms with Crippen molar-refractivity contribution < 1.29 is 27.5 Å². The van der Waals surface area contributed by atoms with E-state index in [0.717, 1.165) is 68.1 Å². The lowest BCUT2D eigenvalue weighted by molar-refractivity contribution is -0.154. The van der Waals surface area contributed by atoms with E-state index in [4.69, 9.17) is 4.74 Å². The first-order valence-electron chi connectivity index (χ1n) is 17.3. The van der Waals surface area contributed by atoms with E-state index in [1.165, 1.54) is 6.42 Å². The van der Waals surface area contributed by atoms with Crippen LogP contribution >= 0.6 is 0 Å². The molecule has 50 heavy (non-hydrogen) atoms. The lowest BCUT2D eigenvalue weighted by atomic mass is 9.75. The maximum absolute atomic E-state index is 12.9. The van der Waals surface area contributed by atoms with E-state index in [9.17, 15) is 22.8 Å². The van der Waals surface area contributed by atoms with E-state index >= 15 is 0 Å². The number of ether oxygens (including phenoxy) is 1. The number of rotatable bonds is 2. The Hall–Kier alpha value is -4.82. The number of amides is 4. The Labute approximate surface area is 289 Å². The Kier molecular flexibility index (Phi) is 11.4. The van der Waals surface area contributed by atoms with E-state index in [2.05, 4.69) is 46.9 Å². The molecule has 7 aliphatic rings. The van der Waals surface area contributed by atoms with Crippen molar-refractivity contribution in [1.29, 1.82) is 0 Å². The summed E-state index contributed by atoms with van der Waals surface area (Å²) in [4.78, 5) is 37.8. The van der Waals surface area contributed by atoms with Crippen molar-refractivity contribution in [3.05, 3.63) is 65.2 Å². The molecule has 0 radical (unpaired) electrons. The molecule has 2 aliphatic carbocycles. The van der Waals surface area contributed by atoms with Crippen LogP contribution in [0.5, 0.6) is 6.01 Å². The van der Waals surface area contributed by atoms with Gasteiger partial charge in [-0.3, -0.25) is 0 Å². The smallest absolute Gasteiger partial charge is 0.422 e. The molecule has 2 aromatic carbocycles. The van der Waals surface area contributed by atoms with Crippen molar-refractivity contribution in [1.82, 2.24) is 36.2 Å². The zero-order valence-corrected chi connectivity index (χ0v) is 27.8. The molecule has 4 amide bonds. The summed E-state index contributed by atoms with van der Waals surface area (Å²) in [6.07, 6.45) is 4.94. The zero-order valence-electron chi connectivity index (χ0n) is 27.8. The number of halogens is 3. The third-order valence-electron chi connectivity index (χ3n) is 9.57. The molecule has 0 atom stereocenters. The molecule has 6 heterocycles. The number of hydrogen-bond donors (Lipinski definition) is 6. The molecule has 0 saturated heterocycles. The van der Waals surface area contributed by atoms with Gasteiger partial charge in [0.2, 0.25) is 11.9 Å². The molecule has 10 bridgehead atoms. The number of urea groups is 2. The number of fused-ring (bicyclic) bond motifs is 1. The van der Waals surface area contributed by atoms with Crippen molar-refractivity contribution in [3.8, 4) is 6.01 Å². The molecule has 5 aliphatic heterocycles. The maximum atomic E-state index is 12.9. The van der Waals surface area contributed by atoms with Crippen molar-refractivity contribution in [3.63, 3.8) is 0 Å².